The molecule has 2 atom stereocenters. The van der Waals surface area contributed by atoms with E-state index in [1.807, 2.05) is 38.1 Å². The molecule has 2 aliphatic rings. The molecular weight excluding hydrogens is 414 g/mol. The minimum Gasteiger partial charge on any atom is -0.325 e. The van der Waals surface area contributed by atoms with E-state index in [0.29, 0.717) is 31.5 Å². The molecule has 0 aliphatic carbocycles. The number of carbonyl (C=O) groups excluding carboxylic acids is 2. The zero-order valence-electron chi connectivity index (χ0n) is 18.0. The van der Waals surface area contributed by atoms with Crippen molar-refractivity contribution in [1.82, 2.24) is 4.31 Å². The maximum Gasteiger partial charge on any atom is 0.243 e. The van der Waals surface area contributed by atoms with Gasteiger partial charge in [0.1, 0.15) is 6.04 Å². The number of sulfonamides is 1. The lowest BCUT2D eigenvalue weighted by Gasteiger charge is -2.24. The van der Waals surface area contributed by atoms with Crippen molar-refractivity contribution < 1.29 is 18.0 Å². The molecule has 7 nitrogen and oxygen atoms in total. The smallest absolute Gasteiger partial charge is 0.243 e. The molecule has 2 aromatic carbocycles. The van der Waals surface area contributed by atoms with Gasteiger partial charge in [-0.3, -0.25) is 9.59 Å². The Morgan fingerprint density at radius 1 is 1.10 bits per heavy atom. The van der Waals surface area contributed by atoms with E-state index in [4.69, 9.17) is 0 Å². The SMILES string of the molecule is CC(=O)N1c2ccc(S(=O)(=O)N3CCC[C@@H]3C(=O)Nc3ccc(C)cc3)cc2C[C@H]1C. The Morgan fingerprint density at radius 2 is 1.81 bits per heavy atom. The lowest BCUT2D eigenvalue weighted by Crippen LogP contribution is -2.43. The molecule has 0 aromatic heterocycles. The first kappa shape index (κ1) is 21.5. The number of hydrogen-bond acceptors (Lipinski definition) is 4. The van der Waals surface area contributed by atoms with Gasteiger partial charge in [-0.05, 0) is 69.0 Å². The second-order valence-corrected chi connectivity index (χ2v) is 10.3. The highest BCUT2D eigenvalue weighted by atomic mass is 32.2. The van der Waals surface area contributed by atoms with Gasteiger partial charge in [-0.1, -0.05) is 17.7 Å². The van der Waals surface area contributed by atoms with E-state index in [1.54, 1.807) is 17.0 Å². The number of rotatable bonds is 4. The van der Waals surface area contributed by atoms with Crippen molar-refractivity contribution in [3.8, 4) is 0 Å². The third-order valence-corrected chi connectivity index (χ3v) is 7.94. The zero-order valence-corrected chi connectivity index (χ0v) is 18.8. The van der Waals surface area contributed by atoms with E-state index in [2.05, 4.69) is 5.32 Å². The number of nitrogens with zero attached hydrogens (tertiary/aromatic N) is 2. The molecule has 2 heterocycles. The maximum atomic E-state index is 13.4. The molecule has 1 saturated heterocycles. The predicted molar refractivity (Wildman–Crippen MR) is 119 cm³/mol. The molecule has 2 aliphatic heterocycles. The maximum absolute atomic E-state index is 13.4. The van der Waals surface area contributed by atoms with Crippen LogP contribution in [0.2, 0.25) is 0 Å². The van der Waals surface area contributed by atoms with Crippen LogP contribution in [0.1, 0.15) is 37.8 Å². The average molecular weight is 442 g/mol. The van der Waals surface area contributed by atoms with Crippen molar-refractivity contribution in [3.05, 3.63) is 53.6 Å². The fraction of sp³-hybridized carbons (Fsp3) is 0.391. The molecule has 4 rings (SSSR count). The van der Waals surface area contributed by atoms with Gasteiger partial charge in [-0.15, -0.1) is 0 Å². The van der Waals surface area contributed by atoms with Crippen LogP contribution in [0.5, 0.6) is 0 Å². The van der Waals surface area contributed by atoms with Gasteiger partial charge in [0, 0.05) is 30.9 Å². The first-order chi connectivity index (χ1) is 14.7. The second-order valence-electron chi connectivity index (χ2n) is 8.36. The molecule has 0 saturated carbocycles. The number of amides is 2. The average Bonchev–Trinajstić information content (AvgIpc) is 3.33. The molecule has 1 N–H and O–H groups in total. The highest BCUT2D eigenvalue weighted by Gasteiger charge is 2.40. The largest absolute Gasteiger partial charge is 0.325 e. The Balaban J connectivity index is 1.58. The Kier molecular flexibility index (Phi) is 5.61. The number of anilines is 2. The standard InChI is InChI=1S/C23H27N3O4S/c1-15-6-8-19(9-7-15)24-23(28)22-5-4-12-25(22)31(29,30)20-10-11-21-18(14-20)13-16(2)26(21)17(3)27/h6-11,14,16,22H,4-5,12-13H2,1-3H3,(H,24,28)/t16-,22-/m1/s1. The first-order valence-electron chi connectivity index (χ1n) is 10.5. The number of hydrogen-bond donors (Lipinski definition) is 1. The molecule has 2 aromatic rings. The summed E-state index contributed by atoms with van der Waals surface area (Å²) >= 11 is 0. The summed E-state index contributed by atoms with van der Waals surface area (Å²) in [5.74, 6) is -0.378. The van der Waals surface area contributed by atoms with Gasteiger partial charge in [0.05, 0.1) is 4.90 Å². The summed E-state index contributed by atoms with van der Waals surface area (Å²) in [6, 6.07) is 11.5. The first-order valence-corrected chi connectivity index (χ1v) is 11.9. The molecule has 0 bridgehead atoms. The minimum atomic E-state index is -3.84. The Labute approximate surface area is 183 Å². The molecule has 2 amide bonds. The van der Waals surface area contributed by atoms with Crippen LogP contribution in [0, 0.1) is 6.92 Å². The fourth-order valence-corrected chi connectivity index (χ4v) is 6.24. The molecular formula is C23H27N3O4S. The van der Waals surface area contributed by atoms with Gasteiger partial charge in [0.2, 0.25) is 21.8 Å². The zero-order chi connectivity index (χ0) is 22.3. The van der Waals surface area contributed by atoms with Gasteiger partial charge in [0.15, 0.2) is 0 Å². The number of carbonyl (C=O) groups is 2. The highest BCUT2D eigenvalue weighted by molar-refractivity contribution is 7.89. The Morgan fingerprint density at radius 3 is 2.48 bits per heavy atom. The minimum absolute atomic E-state index is 0.00900. The molecule has 1 fully saturated rings. The lowest BCUT2D eigenvalue weighted by molar-refractivity contribution is -0.119. The summed E-state index contributed by atoms with van der Waals surface area (Å²) in [4.78, 5) is 26.7. The van der Waals surface area contributed by atoms with Crippen LogP contribution in [-0.4, -0.2) is 43.2 Å². The highest BCUT2D eigenvalue weighted by Crippen LogP contribution is 2.35. The lowest BCUT2D eigenvalue weighted by atomic mass is 10.1. The summed E-state index contributed by atoms with van der Waals surface area (Å²) in [5, 5.41) is 2.84. The van der Waals surface area contributed by atoms with Crippen LogP contribution in [0.4, 0.5) is 11.4 Å². The topological polar surface area (TPSA) is 86.8 Å². The van der Waals surface area contributed by atoms with Gasteiger partial charge in [-0.2, -0.15) is 4.31 Å². The van der Waals surface area contributed by atoms with E-state index in [0.717, 1.165) is 16.8 Å². The number of aryl methyl sites for hydroxylation is 1. The van der Waals surface area contributed by atoms with Crippen LogP contribution in [0.15, 0.2) is 47.4 Å². The van der Waals surface area contributed by atoms with Crippen LogP contribution >= 0.6 is 0 Å². The Bertz CT molecular complexity index is 1130. The summed E-state index contributed by atoms with van der Waals surface area (Å²) in [5.41, 5.74) is 3.32. The number of nitrogens with one attached hydrogen (secondary N) is 1. The van der Waals surface area contributed by atoms with Crippen molar-refractivity contribution in [3.63, 3.8) is 0 Å². The van der Waals surface area contributed by atoms with Gasteiger partial charge in [-0.25, -0.2) is 8.42 Å². The van der Waals surface area contributed by atoms with Crippen molar-refractivity contribution >= 4 is 33.2 Å². The molecule has 8 heteroatoms. The summed E-state index contributed by atoms with van der Waals surface area (Å²) in [6.07, 6.45) is 1.72. The third kappa shape index (κ3) is 3.97. The van der Waals surface area contributed by atoms with Gasteiger partial charge >= 0.3 is 0 Å². The van der Waals surface area contributed by atoms with E-state index >= 15 is 0 Å². The predicted octanol–water partition coefficient (Wildman–Crippen LogP) is 3.08. The molecule has 0 radical (unpaired) electrons. The fourth-order valence-electron chi connectivity index (χ4n) is 4.54. The third-order valence-electron chi connectivity index (χ3n) is 6.04. The van der Waals surface area contributed by atoms with Gasteiger partial charge < -0.3 is 10.2 Å². The van der Waals surface area contributed by atoms with Crippen molar-refractivity contribution in [2.45, 2.75) is 57.0 Å². The van der Waals surface area contributed by atoms with E-state index in [1.165, 1.54) is 17.3 Å². The van der Waals surface area contributed by atoms with E-state index in [9.17, 15) is 18.0 Å². The Hall–Kier alpha value is -2.71. The van der Waals surface area contributed by atoms with Crippen LogP contribution in [0.3, 0.4) is 0 Å². The normalized spacial score (nSPS) is 21.2. The summed E-state index contributed by atoms with van der Waals surface area (Å²) in [6.45, 7) is 5.73. The van der Waals surface area contributed by atoms with Crippen molar-refractivity contribution in [2.75, 3.05) is 16.8 Å². The molecule has 0 unspecified atom stereocenters. The monoisotopic (exact) mass is 441 g/mol. The van der Waals surface area contributed by atoms with Gasteiger partial charge in [0.25, 0.3) is 0 Å². The van der Waals surface area contributed by atoms with Crippen molar-refractivity contribution in [2.24, 2.45) is 0 Å². The van der Waals surface area contributed by atoms with Crippen molar-refractivity contribution in [1.29, 1.82) is 0 Å². The molecule has 0 spiro atoms. The van der Waals surface area contributed by atoms with E-state index in [-0.39, 0.29) is 22.8 Å². The number of fused-ring (bicyclic) bond motifs is 1. The summed E-state index contributed by atoms with van der Waals surface area (Å²) < 4.78 is 28.1. The quantitative estimate of drug-likeness (QED) is 0.790. The van der Waals surface area contributed by atoms with Crippen LogP contribution in [0.25, 0.3) is 0 Å². The second kappa shape index (κ2) is 8.09. The molecule has 31 heavy (non-hydrogen) atoms. The van der Waals surface area contributed by atoms with E-state index < -0.39 is 16.1 Å². The summed E-state index contributed by atoms with van der Waals surface area (Å²) in [7, 11) is -3.84. The van der Waals surface area contributed by atoms with Crippen LogP contribution < -0.4 is 10.2 Å². The van der Waals surface area contributed by atoms with Crippen LogP contribution in [-0.2, 0) is 26.0 Å². The molecule has 164 valence electrons. The number of benzene rings is 2.